The minimum absolute atomic E-state index is 0.0450. The lowest BCUT2D eigenvalue weighted by atomic mass is 10.1. The van der Waals surface area contributed by atoms with Crippen molar-refractivity contribution in [2.45, 2.75) is 38.1 Å². The molecule has 1 heterocycles. The van der Waals surface area contributed by atoms with Crippen LogP contribution in [0.4, 0.5) is 18.0 Å². The van der Waals surface area contributed by atoms with Gasteiger partial charge in [-0.15, -0.1) is 5.01 Å². The first kappa shape index (κ1) is 32.6. The van der Waals surface area contributed by atoms with Crippen LogP contribution in [0.3, 0.4) is 0 Å². The van der Waals surface area contributed by atoms with Crippen molar-refractivity contribution in [1.82, 2.24) is 19.5 Å². The number of halogens is 3. The predicted molar refractivity (Wildman–Crippen MR) is 141 cm³/mol. The van der Waals surface area contributed by atoms with Crippen LogP contribution in [0.25, 0.3) is 16.9 Å². The number of hydrogen-bond donors (Lipinski definition) is 1. The molecule has 3 rings (SSSR count). The van der Waals surface area contributed by atoms with Gasteiger partial charge in [0.2, 0.25) is 5.28 Å². The summed E-state index contributed by atoms with van der Waals surface area (Å²) in [5.74, 6) is -1.12. The molecule has 0 aliphatic carbocycles. The van der Waals surface area contributed by atoms with E-state index >= 15 is 0 Å². The van der Waals surface area contributed by atoms with E-state index in [0.29, 0.717) is 10.6 Å². The highest BCUT2D eigenvalue weighted by atomic mass is 32.2. The average molecular weight is 629 g/mol. The molecule has 1 N–H and O–H groups in total. The molecule has 0 radical (unpaired) electrons. The van der Waals surface area contributed by atoms with Crippen LogP contribution in [-0.4, -0.2) is 66.7 Å². The van der Waals surface area contributed by atoms with Crippen LogP contribution in [0.15, 0.2) is 64.8 Å². The molecule has 43 heavy (non-hydrogen) atoms. The number of alkyl halides is 3. The molecule has 0 saturated carbocycles. The zero-order valence-corrected chi connectivity index (χ0v) is 24.0. The summed E-state index contributed by atoms with van der Waals surface area (Å²) < 4.78 is 77.8. The van der Waals surface area contributed by atoms with Gasteiger partial charge >= 0.3 is 12.3 Å². The summed E-state index contributed by atoms with van der Waals surface area (Å²) in [5, 5.41) is 19.4. The van der Waals surface area contributed by atoms with Crippen molar-refractivity contribution in [2.75, 3.05) is 20.2 Å². The molecule has 0 saturated heterocycles. The Kier molecular flexibility index (Phi) is 10.2. The summed E-state index contributed by atoms with van der Waals surface area (Å²) in [7, 11) is -3.35. The van der Waals surface area contributed by atoms with E-state index in [1.807, 2.05) is 6.92 Å². The lowest BCUT2D eigenvalue weighted by molar-refractivity contribution is -0.705. The van der Waals surface area contributed by atoms with Crippen LogP contribution in [0.1, 0.15) is 25.1 Å². The second-order valence-corrected chi connectivity index (χ2v) is 10.5. The van der Waals surface area contributed by atoms with Gasteiger partial charge < -0.3 is 14.7 Å². The molecule has 14 nitrogen and oxygen atoms in total. The molecule has 3 aromatic rings. The van der Waals surface area contributed by atoms with Gasteiger partial charge in [-0.1, -0.05) is 29.8 Å². The molecular formula is C25H27F3N6O8S. The first-order chi connectivity index (χ1) is 20.1. The number of aromatic nitrogens is 2. The number of likely N-dealkylation sites (N-methyl/N-ethyl adjacent to an activating group) is 1. The topological polar surface area (TPSA) is 167 Å². The fourth-order valence-corrected chi connectivity index (χ4v) is 4.38. The average Bonchev–Trinajstić information content (AvgIpc) is 3.38. The number of amides is 1. The zero-order chi connectivity index (χ0) is 31.9. The highest BCUT2D eigenvalue weighted by Gasteiger charge is 2.35. The second-order valence-electron chi connectivity index (χ2n) is 8.84. The van der Waals surface area contributed by atoms with Gasteiger partial charge in [-0.3, -0.25) is 9.63 Å². The number of hydrazine groups is 1. The maximum absolute atomic E-state index is 13.5. The number of carbonyl (C=O) groups excluding carboxylic acids is 2. The third-order valence-corrected chi connectivity index (χ3v) is 6.83. The molecule has 1 aromatic heterocycles. The Balaban J connectivity index is 1.71. The summed E-state index contributed by atoms with van der Waals surface area (Å²) in [4.78, 5) is 27.6. The highest BCUT2D eigenvalue weighted by Crippen LogP contribution is 2.33. The summed E-state index contributed by atoms with van der Waals surface area (Å²) in [6.07, 6.45) is -7.09. The van der Waals surface area contributed by atoms with E-state index in [4.69, 9.17) is 0 Å². The van der Waals surface area contributed by atoms with Gasteiger partial charge in [0, 0.05) is 12.5 Å². The maximum atomic E-state index is 13.5. The fourth-order valence-electron chi connectivity index (χ4n) is 3.40. The SMILES string of the molecule is CCOC(=O)OC(C)ON=[N+]([O-])N(C)CC(=O)NS(=O)(=O)c1ccc(-n2nc(C(F)(F)F)cc2-c2ccc(C)cc2)cc1. The molecule has 2 aromatic carbocycles. The van der Waals surface area contributed by atoms with Crippen LogP contribution < -0.4 is 4.72 Å². The molecule has 232 valence electrons. The Hall–Kier alpha value is -4.87. The predicted octanol–water partition coefficient (Wildman–Crippen LogP) is 3.93. The summed E-state index contributed by atoms with van der Waals surface area (Å²) in [6, 6.07) is 12.2. The van der Waals surface area contributed by atoms with Gasteiger partial charge in [0.25, 0.3) is 22.2 Å². The number of nitrogens with one attached hydrogen (secondary N) is 1. The molecule has 1 atom stereocenters. The number of carbonyl (C=O) groups is 2. The van der Waals surface area contributed by atoms with Gasteiger partial charge in [-0.25, -0.2) is 22.6 Å². The Bertz CT molecular complexity index is 1580. The number of ether oxygens (including phenoxy) is 2. The lowest BCUT2D eigenvalue weighted by Gasteiger charge is -2.14. The third kappa shape index (κ3) is 8.81. The molecule has 0 aliphatic heterocycles. The Morgan fingerprint density at radius 1 is 1.16 bits per heavy atom. The van der Waals surface area contributed by atoms with Crippen molar-refractivity contribution in [1.29, 1.82) is 0 Å². The van der Waals surface area contributed by atoms with E-state index < -0.39 is 46.8 Å². The molecule has 0 spiro atoms. The van der Waals surface area contributed by atoms with E-state index in [2.05, 4.69) is 24.7 Å². The number of sulfonamides is 1. The largest absolute Gasteiger partial charge is 0.569 e. The van der Waals surface area contributed by atoms with Gasteiger partial charge in [0.05, 0.1) is 34.9 Å². The van der Waals surface area contributed by atoms with E-state index in [9.17, 15) is 36.4 Å². The Morgan fingerprint density at radius 2 is 1.79 bits per heavy atom. The quantitative estimate of drug-likeness (QED) is 0.108. The second kappa shape index (κ2) is 13.4. The summed E-state index contributed by atoms with van der Waals surface area (Å²) >= 11 is 0. The molecule has 1 unspecified atom stereocenters. The van der Waals surface area contributed by atoms with Gasteiger partial charge in [0.1, 0.15) is 0 Å². The van der Waals surface area contributed by atoms with E-state index in [1.54, 1.807) is 35.9 Å². The normalized spacial score (nSPS) is 12.8. The fraction of sp³-hybridized carbons (Fsp3) is 0.320. The minimum atomic E-state index is -4.72. The first-order valence-corrected chi connectivity index (χ1v) is 13.9. The van der Waals surface area contributed by atoms with E-state index in [0.717, 1.165) is 35.5 Å². The molecule has 0 bridgehead atoms. The number of rotatable bonds is 11. The number of aryl methyl sites for hydroxylation is 1. The summed E-state index contributed by atoms with van der Waals surface area (Å²) in [6.45, 7) is 3.87. The zero-order valence-electron chi connectivity index (χ0n) is 23.2. The van der Waals surface area contributed by atoms with Crippen molar-refractivity contribution in [3.05, 3.63) is 71.1 Å². The molecular weight excluding hydrogens is 601 g/mol. The van der Waals surface area contributed by atoms with Crippen LogP contribution in [0.5, 0.6) is 0 Å². The third-order valence-electron chi connectivity index (χ3n) is 5.44. The Morgan fingerprint density at radius 3 is 2.37 bits per heavy atom. The summed E-state index contributed by atoms with van der Waals surface area (Å²) in [5.41, 5.74) is 0.460. The highest BCUT2D eigenvalue weighted by molar-refractivity contribution is 7.90. The molecule has 18 heteroatoms. The van der Waals surface area contributed by atoms with Gasteiger partial charge in [0.15, 0.2) is 12.2 Å². The number of nitrogens with zero attached hydrogens (tertiary/aromatic N) is 5. The number of hydrogen-bond acceptors (Lipinski definition) is 10. The van der Waals surface area contributed by atoms with Crippen LogP contribution >= 0.6 is 0 Å². The smallest absolute Gasteiger partial charge is 0.511 e. The molecule has 0 aliphatic rings. The van der Waals surface area contributed by atoms with Crippen molar-refractivity contribution < 1.29 is 50.5 Å². The van der Waals surface area contributed by atoms with E-state index in [-0.39, 0.29) is 27.9 Å². The lowest BCUT2D eigenvalue weighted by Crippen LogP contribution is -2.40. The van der Waals surface area contributed by atoms with E-state index in [1.165, 1.54) is 19.1 Å². The maximum Gasteiger partial charge on any atom is 0.511 e. The molecule has 1 amide bonds. The van der Waals surface area contributed by atoms with Crippen LogP contribution in [0.2, 0.25) is 0 Å². The van der Waals surface area contributed by atoms with Gasteiger partial charge in [-0.2, -0.15) is 18.3 Å². The molecule has 0 fully saturated rings. The van der Waals surface area contributed by atoms with Crippen LogP contribution in [-0.2, 0) is 35.3 Å². The minimum Gasteiger partial charge on any atom is -0.569 e. The number of benzene rings is 2. The first-order valence-electron chi connectivity index (χ1n) is 12.4. The van der Waals surface area contributed by atoms with Crippen LogP contribution in [0, 0.1) is 12.1 Å². The van der Waals surface area contributed by atoms with Crippen molar-refractivity contribution in [3.63, 3.8) is 0 Å². The standard InChI is InChI=1S/C25H27F3N6O8S/c1-5-40-24(36)41-17(3)42-31-34(37)32(4)15-23(35)30-43(38,39)20-12-10-19(11-13-20)33-21(14-22(29-33)25(26,27)28)18-8-6-16(2)7-9-18/h6-14,17H,5,15H2,1-4H3,(H,30,35). The van der Waals surface area contributed by atoms with Crippen molar-refractivity contribution >= 4 is 22.1 Å². The Labute approximate surface area is 243 Å². The van der Waals surface area contributed by atoms with Gasteiger partial charge in [-0.05, 0) is 44.2 Å². The van der Waals surface area contributed by atoms with Crippen molar-refractivity contribution in [2.24, 2.45) is 5.28 Å². The monoisotopic (exact) mass is 628 g/mol. The van der Waals surface area contributed by atoms with Crippen molar-refractivity contribution in [3.8, 4) is 16.9 Å².